The number of non-ortho nitro benzene ring substituents is 1. The first-order valence-electron chi connectivity index (χ1n) is 12.7. The number of hydrogen-bond acceptors (Lipinski definition) is 7. The smallest absolute Gasteiger partial charge is 0.270 e. The van der Waals surface area contributed by atoms with Crippen molar-refractivity contribution in [3.8, 4) is 11.3 Å². The highest BCUT2D eigenvalue weighted by Crippen LogP contribution is 2.25. The van der Waals surface area contributed by atoms with Crippen LogP contribution in [0.5, 0.6) is 0 Å². The van der Waals surface area contributed by atoms with Gasteiger partial charge in [0.15, 0.2) is 0 Å². The van der Waals surface area contributed by atoms with Gasteiger partial charge in [-0.15, -0.1) is 0 Å². The van der Waals surface area contributed by atoms with Gasteiger partial charge in [-0.1, -0.05) is 44.2 Å². The van der Waals surface area contributed by atoms with E-state index in [2.05, 4.69) is 20.7 Å². The van der Waals surface area contributed by atoms with Crippen molar-refractivity contribution in [3.05, 3.63) is 88.2 Å². The van der Waals surface area contributed by atoms with Crippen molar-refractivity contribution in [1.82, 2.24) is 15.6 Å². The molecular formula is C28H33N5O5. The third kappa shape index (κ3) is 8.10. The summed E-state index contributed by atoms with van der Waals surface area (Å²) in [6.07, 6.45) is 3.54. The number of nitrogens with one attached hydrogen (secondary N) is 2. The SMILES string of the molecule is CCN(CC)[C@H](CCCCNC(=O)c1ccccc1)C(=O)N/N=C/c1ccc(-c2cccc([N+](=O)[O-])c2)o1. The van der Waals surface area contributed by atoms with Gasteiger partial charge in [-0.05, 0) is 56.6 Å². The van der Waals surface area contributed by atoms with Crippen LogP contribution in [0.2, 0.25) is 0 Å². The zero-order valence-corrected chi connectivity index (χ0v) is 21.6. The normalized spacial score (nSPS) is 12.0. The molecule has 2 aromatic carbocycles. The maximum Gasteiger partial charge on any atom is 0.270 e. The largest absolute Gasteiger partial charge is 0.455 e. The molecule has 3 aromatic rings. The molecule has 0 aliphatic heterocycles. The molecule has 10 heteroatoms. The fourth-order valence-corrected chi connectivity index (χ4v) is 4.08. The Labute approximate surface area is 221 Å². The van der Waals surface area contributed by atoms with Crippen molar-refractivity contribution in [1.29, 1.82) is 0 Å². The summed E-state index contributed by atoms with van der Waals surface area (Å²) < 4.78 is 5.71. The van der Waals surface area contributed by atoms with E-state index in [9.17, 15) is 19.7 Å². The summed E-state index contributed by atoms with van der Waals surface area (Å²) in [5, 5.41) is 18.0. The number of furan rings is 1. The van der Waals surface area contributed by atoms with Crippen LogP contribution < -0.4 is 10.7 Å². The van der Waals surface area contributed by atoms with Crippen LogP contribution in [0, 0.1) is 10.1 Å². The van der Waals surface area contributed by atoms with Crippen LogP contribution in [0.25, 0.3) is 11.3 Å². The number of rotatable bonds is 14. The molecule has 0 radical (unpaired) electrons. The number of carbonyl (C=O) groups excluding carboxylic acids is 2. The number of nitrogens with zero attached hydrogens (tertiary/aromatic N) is 3. The summed E-state index contributed by atoms with van der Waals surface area (Å²) in [6.45, 7) is 5.97. The van der Waals surface area contributed by atoms with Crippen molar-refractivity contribution >= 4 is 23.7 Å². The zero-order valence-electron chi connectivity index (χ0n) is 21.6. The second-order valence-electron chi connectivity index (χ2n) is 8.60. The topological polar surface area (TPSA) is 130 Å². The third-order valence-electron chi connectivity index (χ3n) is 6.12. The summed E-state index contributed by atoms with van der Waals surface area (Å²) in [7, 11) is 0. The van der Waals surface area contributed by atoms with Crippen LogP contribution in [0.4, 0.5) is 5.69 Å². The molecule has 0 aliphatic rings. The molecule has 2 amide bonds. The first-order valence-corrected chi connectivity index (χ1v) is 12.7. The number of nitro benzene ring substituents is 1. The Morgan fingerprint density at radius 3 is 2.53 bits per heavy atom. The standard InChI is InChI=1S/C28H33N5O5/c1-3-32(4-2)25(15-8-9-18-29-27(34)21-11-6-5-7-12-21)28(35)31-30-20-24-16-17-26(38-24)22-13-10-14-23(19-22)33(36)37/h5-7,10-14,16-17,19-20,25H,3-4,8-9,15,18H2,1-2H3,(H,29,34)(H,31,35)/b30-20+/t25-/m1/s1. The van der Waals surface area contributed by atoms with Crippen LogP contribution >= 0.6 is 0 Å². The van der Waals surface area contributed by atoms with Crippen molar-refractivity contribution in [2.24, 2.45) is 5.10 Å². The highest BCUT2D eigenvalue weighted by Gasteiger charge is 2.23. The predicted octanol–water partition coefficient (Wildman–Crippen LogP) is 4.62. The van der Waals surface area contributed by atoms with Crippen LogP contribution in [-0.2, 0) is 4.79 Å². The summed E-state index contributed by atoms with van der Waals surface area (Å²) in [4.78, 5) is 37.7. The maximum atomic E-state index is 12.9. The Kier molecular flexibility index (Phi) is 10.7. The molecule has 0 saturated carbocycles. The minimum Gasteiger partial charge on any atom is -0.455 e. The fourth-order valence-electron chi connectivity index (χ4n) is 4.08. The van der Waals surface area contributed by atoms with Gasteiger partial charge in [0.05, 0.1) is 17.2 Å². The molecule has 10 nitrogen and oxygen atoms in total. The van der Waals surface area contributed by atoms with E-state index in [0.717, 1.165) is 12.8 Å². The highest BCUT2D eigenvalue weighted by molar-refractivity contribution is 5.94. The molecule has 0 bridgehead atoms. The zero-order chi connectivity index (χ0) is 27.3. The molecule has 0 saturated heterocycles. The third-order valence-corrected chi connectivity index (χ3v) is 6.12. The summed E-state index contributed by atoms with van der Waals surface area (Å²) in [5.41, 5.74) is 3.78. The van der Waals surface area contributed by atoms with Gasteiger partial charge in [0.1, 0.15) is 11.5 Å². The van der Waals surface area contributed by atoms with Gasteiger partial charge in [-0.3, -0.25) is 24.6 Å². The van der Waals surface area contributed by atoms with Gasteiger partial charge in [0.25, 0.3) is 17.5 Å². The minimum atomic E-state index is -0.461. The molecule has 1 aromatic heterocycles. The molecule has 1 heterocycles. The Morgan fingerprint density at radius 2 is 1.82 bits per heavy atom. The number of benzene rings is 2. The highest BCUT2D eigenvalue weighted by atomic mass is 16.6. The molecule has 38 heavy (non-hydrogen) atoms. The molecule has 0 aliphatic carbocycles. The van der Waals surface area contributed by atoms with Crippen LogP contribution in [-0.4, -0.2) is 53.5 Å². The van der Waals surface area contributed by atoms with Gasteiger partial charge < -0.3 is 9.73 Å². The first-order chi connectivity index (χ1) is 18.4. The van der Waals surface area contributed by atoms with Crippen LogP contribution in [0.1, 0.15) is 49.2 Å². The van der Waals surface area contributed by atoms with Crippen molar-refractivity contribution in [2.45, 2.75) is 39.2 Å². The van der Waals surface area contributed by atoms with Gasteiger partial charge in [-0.25, -0.2) is 5.43 Å². The lowest BCUT2D eigenvalue weighted by Gasteiger charge is -2.27. The molecule has 0 spiro atoms. The van der Waals surface area contributed by atoms with Gasteiger partial charge in [-0.2, -0.15) is 5.10 Å². The molecule has 2 N–H and O–H groups in total. The average Bonchev–Trinajstić information content (AvgIpc) is 3.41. The summed E-state index contributed by atoms with van der Waals surface area (Å²) >= 11 is 0. The molecule has 0 fully saturated rings. The van der Waals surface area contributed by atoms with E-state index < -0.39 is 4.92 Å². The number of hydrazone groups is 1. The molecule has 3 rings (SSSR count). The number of hydrogen-bond donors (Lipinski definition) is 2. The number of amides is 2. The quantitative estimate of drug-likeness (QED) is 0.138. The van der Waals surface area contributed by atoms with E-state index in [0.29, 0.717) is 48.7 Å². The Morgan fingerprint density at radius 1 is 1.05 bits per heavy atom. The summed E-state index contributed by atoms with van der Waals surface area (Å²) in [6, 6.07) is 18.2. The Hall–Kier alpha value is -4.31. The average molecular weight is 520 g/mol. The number of unbranched alkanes of at least 4 members (excludes halogenated alkanes) is 1. The van der Waals surface area contributed by atoms with E-state index in [1.807, 2.05) is 32.0 Å². The monoisotopic (exact) mass is 519 g/mol. The lowest BCUT2D eigenvalue weighted by atomic mass is 10.1. The molecule has 1 atom stereocenters. The van der Waals surface area contributed by atoms with Crippen molar-refractivity contribution in [3.63, 3.8) is 0 Å². The number of likely N-dealkylation sites (N-methyl/N-ethyl adjacent to an activating group) is 1. The van der Waals surface area contributed by atoms with Crippen molar-refractivity contribution < 1.29 is 18.9 Å². The summed E-state index contributed by atoms with van der Waals surface area (Å²) in [5.74, 6) is 0.537. The second-order valence-corrected chi connectivity index (χ2v) is 8.60. The van der Waals surface area contributed by atoms with E-state index in [1.54, 1.807) is 36.4 Å². The van der Waals surface area contributed by atoms with Crippen molar-refractivity contribution in [2.75, 3.05) is 19.6 Å². The number of carbonyl (C=O) groups is 2. The van der Waals surface area contributed by atoms with E-state index in [1.165, 1.54) is 18.3 Å². The maximum absolute atomic E-state index is 12.9. The van der Waals surface area contributed by atoms with Gasteiger partial charge in [0.2, 0.25) is 0 Å². The van der Waals surface area contributed by atoms with E-state index >= 15 is 0 Å². The minimum absolute atomic E-state index is 0.0256. The van der Waals surface area contributed by atoms with Crippen LogP contribution in [0.3, 0.4) is 0 Å². The lowest BCUT2D eigenvalue weighted by molar-refractivity contribution is -0.384. The number of nitro groups is 1. The fraction of sp³-hybridized carbons (Fsp3) is 0.321. The van der Waals surface area contributed by atoms with E-state index in [4.69, 9.17) is 4.42 Å². The van der Waals surface area contributed by atoms with Crippen LogP contribution in [0.15, 0.2) is 76.2 Å². The first kappa shape index (κ1) is 28.3. The lowest BCUT2D eigenvalue weighted by Crippen LogP contribution is -2.45. The Balaban J connectivity index is 1.51. The predicted molar refractivity (Wildman–Crippen MR) is 146 cm³/mol. The molecular weight excluding hydrogens is 486 g/mol. The van der Waals surface area contributed by atoms with Gasteiger partial charge in [0, 0.05) is 29.8 Å². The second kappa shape index (κ2) is 14.4. The Bertz CT molecular complexity index is 1240. The molecule has 200 valence electrons. The molecule has 0 unspecified atom stereocenters. The van der Waals surface area contributed by atoms with E-state index in [-0.39, 0.29) is 23.5 Å². The van der Waals surface area contributed by atoms with Gasteiger partial charge >= 0.3 is 0 Å².